The van der Waals surface area contributed by atoms with E-state index in [0.29, 0.717) is 17.4 Å². The molecule has 20 heavy (non-hydrogen) atoms. The number of anilines is 1. The number of imidazole rings is 1. The minimum Gasteiger partial charge on any atom is -0.480 e. The summed E-state index contributed by atoms with van der Waals surface area (Å²) in [6.45, 7) is 0.222. The Balaban J connectivity index is 2.03. The van der Waals surface area contributed by atoms with E-state index in [1.807, 2.05) is 0 Å². The highest BCUT2D eigenvalue weighted by Crippen LogP contribution is 2.35. The van der Waals surface area contributed by atoms with Crippen LogP contribution in [0.4, 0.5) is 11.6 Å². The Kier molecular flexibility index (Phi) is 3.05. The van der Waals surface area contributed by atoms with Gasteiger partial charge in [0.2, 0.25) is 5.82 Å². The molecule has 2 heterocycles. The highest BCUT2D eigenvalue weighted by Gasteiger charge is 2.32. The van der Waals surface area contributed by atoms with Crippen molar-refractivity contribution < 1.29 is 14.8 Å². The van der Waals surface area contributed by atoms with E-state index in [4.69, 9.17) is 5.11 Å². The molecule has 0 unspecified atom stereocenters. The summed E-state index contributed by atoms with van der Waals surface area (Å²) in [5.41, 5.74) is 0. The molecule has 2 aromatic rings. The number of carbonyl (C=O) groups is 1. The zero-order valence-electron chi connectivity index (χ0n) is 10.4. The zero-order chi connectivity index (χ0) is 14.3. The van der Waals surface area contributed by atoms with E-state index >= 15 is 0 Å². The van der Waals surface area contributed by atoms with Gasteiger partial charge in [0.1, 0.15) is 12.7 Å². The molecule has 0 radical (unpaired) electrons. The molecule has 8 nitrogen and oxygen atoms in total. The van der Waals surface area contributed by atoms with Gasteiger partial charge >= 0.3 is 11.8 Å². The second-order valence-electron chi connectivity index (χ2n) is 4.79. The molecule has 0 atom stereocenters. The molecule has 1 N–H and O–H groups in total. The van der Waals surface area contributed by atoms with Gasteiger partial charge in [-0.25, -0.2) is 0 Å². The van der Waals surface area contributed by atoms with E-state index in [-0.39, 0.29) is 18.2 Å². The van der Waals surface area contributed by atoms with Crippen LogP contribution in [0.5, 0.6) is 0 Å². The highest BCUT2D eigenvalue weighted by atomic mass is 32.1. The largest absolute Gasteiger partial charge is 0.480 e. The van der Waals surface area contributed by atoms with Crippen molar-refractivity contribution >= 4 is 33.9 Å². The van der Waals surface area contributed by atoms with Crippen LogP contribution in [0.25, 0.3) is 4.96 Å². The van der Waals surface area contributed by atoms with Crippen LogP contribution < -0.4 is 4.90 Å². The summed E-state index contributed by atoms with van der Waals surface area (Å²) in [6.07, 6.45) is 3.64. The number of aliphatic carboxylic acids is 1. The molecule has 0 amide bonds. The van der Waals surface area contributed by atoms with Gasteiger partial charge in [-0.05, 0) is 23.7 Å². The number of carboxylic acids is 1. The lowest BCUT2D eigenvalue weighted by atomic mass is 10.3. The third-order valence-corrected chi connectivity index (χ3v) is 3.95. The normalized spacial score (nSPS) is 14.6. The van der Waals surface area contributed by atoms with Crippen molar-refractivity contribution in [2.45, 2.75) is 12.8 Å². The molecule has 0 saturated heterocycles. The summed E-state index contributed by atoms with van der Waals surface area (Å²) >= 11 is 1.28. The van der Waals surface area contributed by atoms with Crippen LogP contribution in [0.2, 0.25) is 0 Å². The fourth-order valence-corrected chi connectivity index (χ4v) is 2.85. The first kappa shape index (κ1) is 12.9. The molecular formula is C11H12N4O4S. The van der Waals surface area contributed by atoms with Gasteiger partial charge in [0, 0.05) is 11.9 Å². The molecule has 0 aromatic carbocycles. The number of hydrogen-bond donors (Lipinski definition) is 1. The lowest BCUT2D eigenvalue weighted by Crippen LogP contribution is -2.32. The first-order chi connectivity index (χ1) is 9.56. The summed E-state index contributed by atoms with van der Waals surface area (Å²) in [7, 11) is 0. The molecule has 9 heteroatoms. The van der Waals surface area contributed by atoms with E-state index in [9.17, 15) is 14.9 Å². The molecule has 106 valence electrons. The zero-order valence-corrected chi connectivity index (χ0v) is 11.2. The predicted octanol–water partition coefficient (Wildman–Crippen LogP) is 1.60. The van der Waals surface area contributed by atoms with Crippen molar-refractivity contribution in [1.29, 1.82) is 0 Å². The Bertz CT molecular complexity index is 675. The fraction of sp³-hybridized carbons (Fsp3) is 0.455. The third-order valence-electron chi connectivity index (χ3n) is 3.19. The van der Waals surface area contributed by atoms with E-state index in [1.54, 1.807) is 11.6 Å². The lowest BCUT2D eigenvalue weighted by Gasteiger charge is -2.19. The topological polar surface area (TPSA) is 101 Å². The maximum absolute atomic E-state index is 11.3. The average Bonchev–Trinajstić information content (AvgIpc) is 2.93. The Hall–Kier alpha value is -2.16. The molecule has 1 saturated carbocycles. The van der Waals surface area contributed by atoms with Gasteiger partial charge in [-0.15, -0.1) is 0 Å². The maximum atomic E-state index is 11.3. The minimum atomic E-state index is -1.02. The second kappa shape index (κ2) is 4.75. The van der Waals surface area contributed by atoms with E-state index in [1.165, 1.54) is 20.6 Å². The monoisotopic (exact) mass is 296 g/mol. The highest BCUT2D eigenvalue weighted by molar-refractivity contribution is 7.15. The van der Waals surface area contributed by atoms with Crippen LogP contribution in [0.1, 0.15) is 12.8 Å². The van der Waals surface area contributed by atoms with Gasteiger partial charge in [-0.3, -0.25) is 4.79 Å². The number of fused-ring (bicyclic) bond motifs is 1. The molecule has 1 aliphatic carbocycles. The van der Waals surface area contributed by atoms with Gasteiger partial charge in [0.05, 0.1) is 0 Å². The maximum Gasteiger partial charge on any atom is 0.373 e. The van der Waals surface area contributed by atoms with Crippen molar-refractivity contribution in [1.82, 2.24) is 9.38 Å². The second-order valence-corrected chi connectivity index (χ2v) is 5.66. The molecule has 3 rings (SSSR count). The number of thiazole rings is 1. The first-order valence-electron chi connectivity index (χ1n) is 6.13. The van der Waals surface area contributed by atoms with Gasteiger partial charge in [0.25, 0.3) is 4.96 Å². The van der Waals surface area contributed by atoms with Gasteiger partial charge in [-0.2, -0.15) is 9.38 Å². The number of aromatic nitrogens is 2. The van der Waals surface area contributed by atoms with Gasteiger partial charge in [0.15, 0.2) is 0 Å². The van der Waals surface area contributed by atoms with E-state index in [2.05, 4.69) is 4.98 Å². The Morgan fingerprint density at radius 1 is 1.65 bits per heavy atom. The smallest absolute Gasteiger partial charge is 0.373 e. The summed E-state index contributed by atoms with van der Waals surface area (Å²) in [4.78, 5) is 28.0. The molecule has 1 fully saturated rings. The Morgan fingerprint density at radius 3 is 3.00 bits per heavy atom. The first-order valence-corrected chi connectivity index (χ1v) is 7.01. The molecule has 1 aliphatic rings. The number of nitro groups is 1. The SMILES string of the molecule is O=C(O)CN(CC1CC1)c1nc2sccn2c1[N+](=O)[O-]. The summed E-state index contributed by atoms with van der Waals surface area (Å²) < 4.78 is 1.39. The number of nitrogens with zero attached hydrogens (tertiary/aromatic N) is 4. The van der Waals surface area contributed by atoms with Crippen LogP contribution in [0, 0.1) is 16.0 Å². The van der Waals surface area contributed by atoms with E-state index in [0.717, 1.165) is 12.8 Å². The minimum absolute atomic E-state index is 0.149. The summed E-state index contributed by atoms with van der Waals surface area (Å²) in [5.74, 6) is -0.621. The van der Waals surface area contributed by atoms with Gasteiger partial charge in [-0.1, -0.05) is 11.3 Å². The molecule has 2 aromatic heterocycles. The molecular weight excluding hydrogens is 284 g/mol. The lowest BCUT2D eigenvalue weighted by molar-refractivity contribution is -0.389. The van der Waals surface area contributed by atoms with Crippen molar-refractivity contribution in [3.63, 3.8) is 0 Å². The van der Waals surface area contributed by atoms with Crippen LogP contribution in [-0.4, -0.2) is 38.5 Å². The van der Waals surface area contributed by atoms with Crippen LogP contribution >= 0.6 is 11.3 Å². The number of carboxylic acid groups (broad SMARTS) is 1. The molecule has 0 spiro atoms. The van der Waals surface area contributed by atoms with Crippen molar-refractivity contribution in [3.8, 4) is 0 Å². The van der Waals surface area contributed by atoms with Gasteiger partial charge < -0.3 is 20.1 Å². The predicted molar refractivity (Wildman–Crippen MR) is 72.3 cm³/mol. The third kappa shape index (κ3) is 2.31. The Morgan fingerprint density at radius 2 is 2.40 bits per heavy atom. The van der Waals surface area contributed by atoms with Crippen molar-refractivity contribution in [2.24, 2.45) is 5.92 Å². The molecule has 0 aliphatic heterocycles. The standard InChI is InChI=1S/C11H12N4O4S/c16-8(17)6-13(5-7-1-2-7)9-10(15(18)19)14-3-4-20-11(14)12-9/h3-4,7H,1-2,5-6H2,(H,16,17). The van der Waals surface area contributed by atoms with Crippen molar-refractivity contribution in [3.05, 3.63) is 21.7 Å². The van der Waals surface area contributed by atoms with Crippen molar-refractivity contribution in [2.75, 3.05) is 18.0 Å². The number of rotatable bonds is 6. The quantitative estimate of drug-likeness (QED) is 0.642. The summed E-state index contributed by atoms with van der Waals surface area (Å²) in [5, 5.41) is 22.0. The van der Waals surface area contributed by atoms with Crippen LogP contribution in [0.15, 0.2) is 11.6 Å². The van der Waals surface area contributed by atoms with E-state index < -0.39 is 10.9 Å². The fourth-order valence-electron chi connectivity index (χ4n) is 2.15. The van der Waals surface area contributed by atoms with Crippen LogP contribution in [0.3, 0.4) is 0 Å². The molecule has 0 bridgehead atoms. The summed E-state index contributed by atoms with van der Waals surface area (Å²) in [6, 6.07) is 0. The average molecular weight is 296 g/mol. The van der Waals surface area contributed by atoms with Crippen LogP contribution in [-0.2, 0) is 4.79 Å². The number of hydrogen-bond acceptors (Lipinski definition) is 6. The Labute approximate surface area is 117 Å².